The molecule has 14 aromatic rings. The van der Waals surface area contributed by atoms with E-state index in [1.165, 1.54) is 99.3 Å². The molecule has 13 aromatic carbocycles. The number of rotatable bonds is 19. The number of benzene rings is 13. The third-order valence-corrected chi connectivity index (χ3v) is 21.7. The Balaban J connectivity index is 0.753. The average Bonchev–Trinajstić information content (AvgIpc) is 1.55. The van der Waals surface area contributed by atoms with Crippen LogP contribution in [-0.4, -0.2) is 35.2 Å². The maximum absolute atomic E-state index is 6.59. The van der Waals surface area contributed by atoms with Crippen molar-refractivity contribution in [2.75, 3.05) is 35.5 Å². The maximum atomic E-state index is 6.59. The van der Waals surface area contributed by atoms with E-state index in [1.807, 2.05) is 12.2 Å². The summed E-state index contributed by atoms with van der Waals surface area (Å²) < 4.78 is 8.99. The van der Waals surface area contributed by atoms with Gasteiger partial charge in [-0.1, -0.05) is 238 Å². The van der Waals surface area contributed by atoms with E-state index < -0.39 is 10.0 Å². The number of hydrogen-bond acceptors (Lipinski definition) is 2. The first-order valence-electron chi connectivity index (χ1n) is 32.0. The Hall–Kier alpha value is -10.7. The number of fused-ring (bicyclic) bond motifs is 7. The molecule has 1 heterocycles. The fraction of sp³-hybridized carbons (Fsp3) is 0.0909. The van der Waals surface area contributed by atoms with Crippen molar-refractivity contribution in [1.82, 2.24) is 4.57 Å². The summed E-state index contributed by atoms with van der Waals surface area (Å²) in [6.45, 7) is 8.59. The Bertz CT molecular complexity index is 5010. The summed E-state index contributed by atoms with van der Waals surface area (Å²) in [6.07, 6.45) is 10.8. The largest absolute Gasteiger partial charge is 0.493 e. The van der Waals surface area contributed by atoms with Crippen LogP contribution >= 0.6 is 10.0 Å². The zero-order chi connectivity index (χ0) is 62.2. The summed E-state index contributed by atoms with van der Waals surface area (Å²) >= 11 is 0. The van der Waals surface area contributed by atoms with Crippen molar-refractivity contribution in [2.45, 2.75) is 18.3 Å². The van der Waals surface area contributed by atoms with Crippen LogP contribution in [0.1, 0.15) is 40.7 Å². The molecule has 0 bridgehead atoms. The average molecular weight is 1210 g/mol. The predicted molar refractivity (Wildman–Crippen MR) is 397 cm³/mol. The van der Waals surface area contributed by atoms with Crippen LogP contribution in [0.3, 0.4) is 0 Å². The fourth-order valence-corrected chi connectivity index (χ4v) is 15.9. The van der Waals surface area contributed by atoms with E-state index in [0.717, 1.165) is 69.5 Å². The number of nitrogens with zero attached hydrogens (tertiary/aromatic N) is 2. The SMILES string of the molecule is C=Cc1ccc(-c2ccc3cc(OCCS(C)(C)CCCC4(c5ccccc5)c5ccccc5-c5ccc(N(c6ccc(-c7ccccc7)cc6)c6ccc(-c7ccc8c(c7)c7cc(-c9ccc(C=C)cc9)ccc7n8-c7ccccc7)cc6)cc54)ccc3c2)cc1. The minimum atomic E-state index is -1.02. The second-order valence-corrected chi connectivity index (χ2v) is 29.3. The van der Waals surface area contributed by atoms with Crippen molar-refractivity contribution in [2.24, 2.45) is 0 Å². The smallest absolute Gasteiger partial charge is 0.119 e. The molecule has 1 aromatic heterocycles. The zero-order valence-corrected chi connectivity index (χ0v) is 53.0. The topological polar surface area (TPSA) is 17.4 Å². The monoisotopic (exact) mass is 1200 g/mol. The first kappa shape index (κ1) is 57.8. The van der Waals surface area contributed by atoms with Crippen molar-refractivity contribution < 1.29 is 4.74 Å². The van der Waals surface area contributed by atoms with Gasteiger partial charge in [0, 0.05) is 44.7 Å². The molecular weight excluding hydrogens is 1130 g/mol. The molecule has 0 spiro atoms. The van der Waals surface area contributed by atoms with Crippen LogP contribution in [0.25, 0.3) is 106 Å². The number of para-hydroxylation sites is 1. The molecule has 1 atom stereocenters. The second-order valence-electron chi connectivity index (χ2n) is 25.0. The van der Waals surface area contributed by atoms with E-state index >= 15 is 0 Å². The molecule has 446 valence electrons. The van der Waals surface area contributed by atoms with E-state index in [9.17, 15) is 0 Å². The maximum Gasteiger partial charge on any atom is 0.119 e. The quantitative estimate of drug-likeness (QED) is 0.0803. The van der Waals surface area contributed by atoms with Gasteiger partial charge in [0.1, 0.15) is 5.75 Å². The molecule has 0 N–H and O–H groups in total. The molecule has 3 nitrogen and oxygen atoms in total. The Morgan fingerprint density at radius 2 is 0.870 bits per heavy atom. The lowest BCUT2D eigenvalue weighted by atomic mass is 9.69. The third-order valence-electron chi connectivity index (χ3n) is 19.1. The van der Waals surface area contributed by atoms with Gasteiger partial charge in [-0.3, -0.25) is 0 Å². The molecule has 4 heteroatoms. The van der Waals surface area contributed by atoms with Gasteiger partial charge in [0.05, 0.1) is 17.6 Å². The minimum Gasteiger partial charge on any atom is -0.493 e. The summed E-state index contributed by atoms with van der Waals surface area (Å²) in [4.78, 5) is 2.46. The van der Waals surface area contributed by atoms with Gasteiger partial charge in [0.2, 0.25) is 0 Å². The highest BCUT2D eigenvalue weighted by atomic mass is 32.3. The van der Waals surface area contributed by atoms with Gasteiger partial charge >= 0.3 is 0 Å². The Morgan fingerprint density at radius 3 is 1.48 bits per heavy atom. The molecular formula is C88H72N2OS. The highest BCUT2D eigenvalue weighted by Gasteiger charge is 2.44. The number of hydrogen-bond donors (Lipinski definition) is 0. The molecule has 1 aliphatic carbocycles. The van der Waals surface area contributed by atoms with Crippen LogP contribution in [0, 0.1) is 0 Å². The van der Waals surface area contributed by atoms with Crippen molar-refractivity contribution >= 4 is 71.8 Å². The normalized spacial score (nSPS) is 13.6. The lowest BCUT2D eigenvalue weighted by Gasteiger charge is -2.37. The van der Waals surface area contributed by atoms with Crippen LogP contribution in [0.15, 0.2) is 316 Å². The lowest BCUT2D eigenvalue weighted by molar-refractivity contribution is 0.343. The summed E-state index contributed by atoms with van der Waals surface area (Å²) in [6, 6.07) is 112. The van der Waals surface area contributed by atoms with Crippen molar-refractivity contribution in [3.05, 3.63) is 344 Å². The first-order valence-corrected chi connectivity index (χ1v) is 34.8. The lowest BCUT2D eigenvalue weighted by Crippen LogP contribution is -2.28. The summed E-state index contributed by atoms with van der Waals surface area (Å²) in [5, 5.41) is 4.83. The van der Waals surface area contributed by atoms with E-state index in [4.69, 9.17) is 4.74 Å². The van der Waals surface area contributed by atoms with E-state index in [0.29, 0.717) is 6.61 Å². The standard InChI is InChI=1S/C88H72N2OS/c1-5-62-27-31-66(32-28-62)69-35-36-71-58-79(49-41-70(71)57-69)91-54-56-92(3,4)55-18-53-88(74-21-12-8-13-22-74)84-26-17-16-25-80(84)81-50-48-78(61-85(81)88)89(76-44-37-65(38-45-76)64-19-10-7-11-20-64)77-46-39-68(40-47-77)73-43-52-87-83(60-73)82-59-72(67-33-29-63(6-2)30-34-67)42-51-86(82)90(87)75-23-14-9-15-24-75/h5-17,19-52,57-61H,1-2,18,53-56H2,3-4H3. The highest BCUT2D eigenvalue weighted by molar-refractivity contribution is 8.32. The minimum absolute atomic E-state index is 0.374. The van der Waals surface area contributed by atoms with Gasteiger partial charge in [-0.25, -0.2) is 10.0 Å². The molecule has 0 aliphatic heterocycles. The summed E-state index contributed by atoms with van der Waals surface area (Å²) in [5.74, 6) is 3.09. The van der Waals surface area contributed by atoms with Gasteiger partial charge < -0.3 is 14.2 Å². The number of anilines is 3. The van der Waals surface area contributed by atoms with Crippen LogP contribution in [-0.2, 0) is 5.41 Å². The van der Waals surface area contributed by atoms with Gasteiger partial charge in [0.15, 0.2) is 0 Å². The van der Waals surface area contributed by atoms with E-state index in [2.05, 4.69) is 338 Å². The van der Waals surface area contributed by atoms with E-state index in [1.54, 1.807) is 0 Å². The number of aromatic nitrogens is 1. The molecule has 0 saturated carbocycles. The Kier molecular flexibility index (Phi) is 15.5. The second kappa shape index (κ2) is 24.6. The molecule has 0 fully saturated rings. The van der Waals surface area contributed by atoms with Gasteiger partial charge in [-0.2, -0.15) is 0 Å². The van der Waals surface area contributed by atoms with Crippen LogP contribution in [0.5, 0.6) is 5.75 Å². The summed E-state index contributed by atoms with van der Waals surface area (Å²) in [5.41, 5.74) is 24.8. The Labute approximate surface area is 542 Å². The molecule has 92 heavy (non-hydrogen) atoms. The van der Waals surface area contributed by atoms with Crippen LogP contribution in [0.4, 0.5) is 17.1 Å². The predicted octanol–water partition coefficient (Wildman–Crippen LogP) is 23.6. The fourth-order valence-electron chi connectivity index (χ4n) is 14.2. The molecule has 1 aliphatic rings. The molecule has 1 unspecified atom stereocenters. The third kappa shape index (κ3) is 11.0. The van der Waals surface area contributed by atoms with Crippen molar-refractivity contribution in [3.63, 3.8) is 0 Å². The molecule has 15 rings (SSSR count). The molecule has 0 radical (unpaired) electrons. The number of ether oxygens (including phenoxy) is 1. The van der Waals surface area contributed by atoms with Crippen LogP contribution < -0.4 is 9.64 Å². The Morgan fingerprint density at radius 1 is 0.402 bits per heavy atom. The highest BCUT2D eigenvalue weighted by Crippen LogP contribution is 2.57. The van der Waals surface area contributed by atoms with Gasteiger partial charge in [0.25, 0.3) is 0 Å². The van der Waals surface area contributed by atoms with E-state index in [-0.39, 0.29) is 5.41 Å². The van der Waals surface area contributed by atoms with Crippen molar-refractivity contribution in [1.29, 1.82) is 0 Å². The van der Waals surface area contributed by atoms with Gasteiger partial charge in [-0.15, -0.1) is 0 Å². The molecule has 0 saturated heterocycles. The molecule has 0 amide bonds. The van der Waals surface area contributed by atoms with Gasteiger partial charge in [-0.05, 0) is 216 Å². The van der Waals surface area contributed by atoms with Crippen LogP contribution in [0.2, 0.25) is 0 Å². The zero-order valence-electron chi connectivity index (χ0n) is 52.2. The van der Waals surface area contributed by atoms with Crippen molar-refractivity contribution in [3.8, 4) is 67.1 Å². The summed E-state index contributed by atoms with van der Waals surface area (Å²) in [7, 11) is -1.02. The first-order chi connectivity index (χ1) is 45.2.